The van der Waals surface area contributed by atoms with Crippen LogP contribution in [0.15, 0.2) is 60.9 Å². The van der Waals surface area contributed by atoms with Crippen LogP contribution in [0, 0.1) is 0 Å². The molecule has 2 aromatic carbocycles. The van der Waals surface area contributed by atoms with E-state index in [0.717, 1.165) is 60.8 Å². The molecule has 4 aromatic rings. The summed E-state index contributed by atoms with van der Waals surface area (Å²) in [5.41, 5.74) is 5.29. The molecule has 0 amide bonds. The SMILES string of the molecule is CN(C)c1cccc(Nc2nc(NC3CCN(Cc4ccccc4)CC3)c3ncn(C4CCCCC4)c3n2)c1. The van der Waals surface area contributed by atoms with E-state index in [1.165, 1.54) is 37.7 Å². The number of piperidine rings is 1. The summed E-state index contributed by atoms with van der Waals surface area (Å²) in [4.78, 5) is 19.5. The van der Waals surface area contributed by atoms with Gasteiger partial charge < -0.3 is 20.1 Å². The second-order valence-electron chi connectivity index (χ2n) is 11.3. The number of hydrogen-bond donors (Lipinski definition) is 2. The summed E-state index contributed by atoms with van der Waals surface area (Å²) in [6.07, 6.45) is 10.4. The fourth-order valence-electron chi connectivity index (χ4n) is 5.96. The van der Waals surface area contributed by atoms with Gasteiger partial charge in [0.2, 0.25) is 5.95 Å². The fraction of sp³-hybridized carbons (Fsp3) is 0.452. The van der Waals surface area contributed by atoms with Crippen LogP contribution in [0.2, 0.25) is 0 Å². The molecule has 0 bridgehead atoms. The lowest BCUT2D eigenvalue weighted by Gasteiger charge is -2.32. The van der Waals surface area contributed by atoms with Crippen LogP contribution in [0.4, 0.5) is 23.1 Å². The van der Waals surface area contributed by atoms with E-state index in [1.54, 1.807) is 0 Å². The van der Waals surface area contributed by atoms with Crippen molar-refractivity contribution in [2.24, 2.45) is 0 Å². The molecule has 0 radical (unpaired) electrons. The second-order valence-corrected chi connectivity index (χ2v) is 11.3. The van der Waals surface area contributed by atoms with Gasteiger partial charge in [0, 0.05) is 57.2 Å². The van der Waals surface area contributed by atoms with E-state index in [2.05, 4.69) is 93.7 Å². The molecule has 0 spiro atoms. The van der Waals surface area contributed by atoms with Crippen LogP contribution in [0.3, 0.4) is 0 Å². The van der Waals surface area contributed by atoms with Crippen molar-refractivity contribution in [3.05, 3.63) is 66.5 Å². The van der Waals surface area contributed by atoms with Crippen LogP contribution in [-0.2, 0) is 6.54 Å². The average Bonchev–Trinajstić information content (AvgIpc) is 3.40. The zero-order valence-electron chi connectivity index (χ0n) is 23.2. The van der Waals surface area contributed by atoms with Crippen molar-refractivity contribution in [1.82, 2.24) is 24.4 Å². The number of rotatable bonds is 8. The Kier molecular flexibility index (Phi) is 7.63. The summed E-state index contributed by atoms with van der Waals surface area (Å²) >= 11 is 0. The smallest absolute Gasteiger partial charge is 0.231 e. The Hall–Kier alpha value is -3.65. The van der Waals surface area contributed by atoms with Gasteiger partial charge in [-0.2, -0.15) is 9.97 Å². The van der Waals surface area contributed by atoms with Gasteiger partial charge >= 0.3 is 0 Å². The number of fused-ring (bicyclic) bond motifs is 1. The molecule has 204 valence electrons. The molecule has 0 atom stereocenters. The Morgan fingerprint density at radius 3 is 2.46 bits per heavy atom. The van der Waals surface area contributed by atoms with Gasteiger partial charge in [-0.15, -0.1) is 0 Å². The highest BCUT2D eigenvalue weighted by Gasteiger charge is 2.24. The zero-order chi connectivity index (χ0) is 26.6. The van der Waals surface area contributed by atoms with Gasteiger partial charge in [0.1, 0.15) is 0 Å². The maximum atomic E-state index is 5.01. The first kappa shape index (κ1) is 25.6. The van der Waals surface area contributed by atoms with Crippen LogP contribution in [-0.4, -0.2) is 57.6 Å². The molecule has 2 aliphatic rings. The van der Waals surface area contributed by atoms with Crippen LogP contribution in [0.25, 0.3) is 11.2 Å². The Labute approximate surface area is 231 Å². The van der Waals surface area contributed by atoms with E-state index in [9.17, 15) is 0 Å². The first-order chi connectivity index (χ1) is 19.1. The van der Waals surface area contributed by atoms with Crippen LogP contribution >= 0.6 is 0 Å². The maximum absolute atomic E-state index is 5.01. The topological polar surface area (TPSA) is 74.1 Å². The fourth-order valence-corrected chi connectivity index (χ4v) is 5.96. The van der Waals surface area contributed by atoms with Crippen molar-refractivity contribution in [3.8, 4) is 0 Å². The van der Waals surface area contributed by atoms with Gasteiger partial charge in [-0.25, -0.2) is 4.98 Å². The lowest BCUT2D eigenvalue weighted by Crippen LogP contribution is -2.38. The second kappa shape index (κ2) is 11.6. The number of likely N-dealkylation sites (tertiary alicyclic amines) is 1. The van der Waals surface area contributed by atoms with E-state index < -0.39 is 0 Å². The Morgan fingerprint density at radius 2 is 1.69 bits per heavy atom. The third-order valence-corrected chi connectivity index (χ3v) is 8.19. The Balaban J connectivity index is 1.24. The first-order valence-electron chi connectivity index (χ1n) is 14.4. The van der Waals surface area contributed by atoms with Crippen molar-refractivity contribution in [3.63, 3.8) is 0 Å². The summed E-state index contributed by atoms with van der Waals surface area (Å²) in [5.74, 6) is 1.45. The molecule has 8 heteroatoms. The number of anilines is 4. The predicted octanol–water partition coefficient (Wildman–Crippen LogP) is 6.22. The van der Waals surface area contributed by atoms with Crippen molar-refractivity contribution >= 4 is 34.3 Å². The molecular weight excluding hydrogens is 484 g/mol. The molecule has 3 heterocycles. The largest absolute Gasteiger partial charge is 0.378 e. The molecule has 2 fully saturated rings. The quantitative estimate of drug-likeness (QED) is 0.284. The third-order valence-electron chi connectivity index (χ3n) is 8.19. The lowest BCUT2D eigenvalue weighted by atomic mass is 9.95. The van der Waals surface area contributed by atoms with Gasteiger partial charge in [0.25, 0.3) is 0 Å². The molecule has 1 aliphatic carbocycles. The number of imidazole rings is 1. The van der Waals surface area contributed by atoms with E-state index in [-0.39, 0.29) is 0 Å². The maximum Gasteiger partial charge on any atom is 0.231 e. The lowest BCUT2D eigenvalue weighted by molar-refractivity contribution is 0.211. The first-order valence-corrected chi connectivity index (χ1v) is 14.4. The number of nitrogens with one attached hydrogen (secondary N) is 2. The molecule has 2 aromatic heterocycles. The molecule has 1 aliphatic heterocycles. The summed E-state index contributed by atoms with van der Waals surface area (Å²) in [6, 6.07) is 19.9. The molecule has 8 nitrogen and oxygen atoms in total. The van der Waals surface area contributed by atoms with Gasteiger partial charge in [-0.05, 0) is 49.4 Å². The minimum absolute atomic E-state index is 0.361. The molecular formula is C31H40N8. The van der Waals surface area contributed by atoms with E-state index in [0.29, 0.717) is 18.0 Å². The number of hydrogen-bond acceptors (Lipinski definition) is 7. The number of benzene rings is 2. The zero-order valence-corrected chi connectivity index (χ0v) is 23.2. The van der Waals surface area contributed by atoms with Crippen molar-refractivity contribution in [1.29, 1.82) is 0 Å². The van der Waals surface area contributed by atoms with Gasteiger partial charge in [0.05, 0.1) is 6.33 Å². The molecule has 1 saturated carbocycles. The van der Waals surface area contributed by atoms with E-state index in [4.69, 9.17) is 15.0 Å². The summed E-state index contributed by atoms with van der Waals surface area (Å²) < 4.78 is 2.30. The highest BCUT2D eigenvalue weighted by Crippen LogP contribution is 2.33. The highest BCUT2D eigenvalue weighted by molar-refractivity contribution is 5.85. The third kappa shape index (κ3) is 6.01. The van der Waals surface area contributed by atoms with Crippen molar-refractivity contribution in [2.75, 3.05) is 42.7 Å². The minimum Gasteiger partial charge on any atom is -0.378 e. The van der Waals surface area contributed by atoms with Crippen molar-refractivity contribution < 1.29 is 0 Å². The van der Waals surface area contributed by atoms with Crippen LogP contribution in [0.1, 0.15) is 56.6 Å². The number of nitrogens with zero attached hydrogens (tertiary/aromatic N) is 6. The summed E-state index contributed by atoms with van der Waals surface area (Å²) in [5, 5.41) is 7.26. The van der Waals surface area contributed by atoms with Gasteiger partial charge in [-0.3, -0.25) is 4.90 Å². The summed E-state index contributed by atoms with van der Waals surface area (Å²) in [7, 11) is 4.11. The highest BCUT2D eigenvalue weighted by atomic mass is 15.2. The average molecular weight is 525 g/mol. The molecule has 6 rings (SSSR count). The standard InChI is InChI=1S/C31H40N8/c1-37(2)27-15-9-12-25(20-27)34-31-35-29(28-30(36-31)39(22-32-28)26-13-7-4-8-14-26)33-24-16-18-38(19-17-24)21-23-10-5-3-6-11-23/h3,5-6,9-12,15,20,22,24,26H,4,7-8,13-14,16-19,21H2,1-2H3,(H2,33,34,35,36). The normalized spacial score (nSPS) is 17.4. The van der Waals surface area contributed by atoms with E-state index >= 15 is 0 Å². The van der Waals surface area contributed by atoms with Crippen LogP contribution in [0.5, 0.6) is 0 Å². The molecule has 1 saturated heterocycles. The Bertz CT molecular complexity index is 1370. The monoisotopic (exact) mass is 524 g/mol. The van der Waals surface area contributed by atoms with Gasteiger partial charge in [-0.1, -0.05) is 55.7 Å². The minimum atomic E-state index is 0.361. The summed E-state index contributed by atoms with van der Waals surface area (Å²) in [6.45, 7) is 3.15. The molecule has 39 heavy (non-hydrogen) atoms. The number of aromatic nitrogens is 4. The van der Waals surface area contributed by atoms with Crippen LogP contribution < -0.4 is 15.5 Å². The van der Waals surface area contributed by atoms with Gasteiger partial charge in [0.15, 0.2) is 17.0 Å². The van der Waals surface area contributed by atoms with Crippen molar-refractivity contribution in [2.45, 2.75) is 63.6 Å². The Morgan fingerprint density at radius 1 is 0.897 bits per heavy atom. The molecule has 2 N–H and O–H groups in total. The van der Waals surface area contributed by atoms with E-state index in [1.807, 2.05) is 6.33 Å². The molecule has 0 unspecified atom stereocenters. The predicted molar refractivity (Wildman–Crippen MR) is 160 cm³/mol.